The van der Waals surface area contributed by atoms with Crippen molar-refractivity contribution in [1.29, 1.82) is 0 Å². The Kier molecular flexibility index (Phi) is 4.63. The van der Waals surface area contributed by atoms with Crippen LogP contribution in [0.3, 0.4) is 0 Å². The zero-order valence-corrected chi connectivity index (χ0v) is 14.3. The minimum absolute atomic E-state index is 0.238. The molecule has 6 nitrogen and oxygen atoms in total. The molecule has 7 heteroatoms. The number of nitrogens with zero attached hydrogens (tertiary/aromatic N) is 4. The summed E-state index contributed by atoms with van der Waals surface area (Å²) >= 11 is 6.21. The van der Waals surface area contributed by atoms with Crippen molar-refractivity contribution in [1.82, 2.24) is 15.0 Å². The molecule has 1 saturated heterocycles. The third-order valence-electron chi connectivity index (χ3n) is 4.07. The summed E-state index contributed by atoms with van der Waals surface area (Å²) in [7, 11) is 0. The van der Waals surface area contributed by atoms with E-state index >= 15 is 0 Å². The number of anilines is 1. The van der Waals surface area contributed by atoms with Crippen LogP contribution in [0.25, 0.3) is 0 Å². The SMILES string of the molecule is Clc1ccccc1Cc1cnc(C2CN(c3ncccn3)CCO2)o1. The zero-order chi connectivity index (χ0) is 17.1. The van der Waals surface area contributed by atoms with E-state index in [1.807, 2.05) is 24.3 Å². The van der Waals surface area contributed by atoms with E-state index in [4.69, 9.17) is 20.8 Å². The molecule has 25 heavy (non-hydrogen) atoms. The van der Waals surface area contributed by atoms with Gasteiger partial charge in [-0.3, -0.25) is 0 Å². The van der Waals surface area contributed by atoms with Gasteiger partial charge in [0.25, 0.3) is 0 Å². The number of rotatable bonds is 4. The molecule has 0 bridgehead atoms. The second kappa shape index (κ2) is 7.21. The normalized spacial score (nSPS) is 17.6. The third kappa shape index (κ3) is 3.65. The third-order valence-corrected chi connectivity index (χ3v) is 4.44. The fourth-order valence-corrected chi connectivity index (χ4v) is 3.02. The summed E-state index contributed by atoms with van der Waals surface area (Å²) in [6, 6.07) is 9.52. The van der Waals surface area contributed by atoms with Crippen molar-refractivity contribution < 1.29 is 9.15 Å². The molecule has 1 unspecified atom stereocenters. The van der Waals surface area contributed by atoms with Crippen LogP contribution in [-0.4, -0.2) is 34.6 Å². The highest BCUT2D eigenvalue weighted by Gasteiger charge is 2.27. The van der Waals surface area contributed by atoms with Gasteiger partial charge in [-0.1, -0.05) is 29.8 Å². The maximum atomic E-state index is 6.21. The number of morpholine rings is 1. The summed E-state index contributed by atoms with van der Waals surface area (Å²) in [5.74, 6) is 2.03. The smallest absolute Gasteiger partial charge is 0.225 e. The second-order valence-electron chi connectivity index (χ2n) is 5.79. The molecular weight excluding hydrogens is 340 g/mol. The number of oxazole rings is 1. The molecular formula is C18H17ClN4O2. The van der Waals surface area contributed by atoms with Crippen molar-refractivity contribution in [2.24, 2.45) is 0 Å². The summed E-state index contributed by atoms with van der Waals surface area (Å²) in [5, 5.41) is 0.724. The topological polar surface area (TPSA) is 64.3 Å². The van der Waals surface area contributed by atoms with Crippen LogP contribution in [0.1, 0.15) is 23.3 Å². The number of aromatic nitrogens is 3. The van der Waals surface area contributed by atoms with Gasteiger partial charge in [0.15, 0.2) is 6.10 Å². The van der Waals surface area contributed by atoms with Crippen LogP contribution in [-0.2, 0) is 11.2 Å². The van der Waals surface area contributed by atoms with Gasteiger partial charge < -0.3 is 14.1 Å². The van der Waals surface area contributed by atoms with E-state index in [0.717, 1.165) is 22.9 Å². The minimum Gasteiger partial charge on any atom is -0.442 e. The predicted molar refractivity (Wildman–Crippen MR) is 93.7 cm³/mol. The van der Waals surface area contributed by atoms with E-state index < -0.39 is 0 Å². The number of hydrogen-bond acceptors (Lipinski definition) is 6. The standard InChI is InChI=1S/C18H17ClN4O2/c19-15-5-2-1-4-13(15)10-14-11-22-17(25-14)16-12-23(8-9-24-16)18-20-6-3-7-21-18/h1-7,11,16H,8-10,12H2. The molecule has 3 aromatic rings. The fourth-order valence-electron chi connectivity index (χ4n) is 2.82. The first kappa shape index (κ1) is 16.1. The molecule has 1 fully saturated rings. The average Bonchev–Trinajstić information content (AvgIpc) is 3.13. The van der Waals surface area contributed by atoms with Crippen LogP contribution < -0.4 is 4.90 Å². The highest BCUT2D eigenvalue weighted by molar-refractivity contribution is 6.31. The first-order valence-corrected chi connectivity index (χ1v) is 8.49. The van der Waals surface area contributed by atoms with Gasteiger partial charge in [0, 0.05) is 30.4 Å². The average molecular weight is 357 g/mol. The van der Waals surface area contributed by atoms with Gasteiger partial charge in [0.2, 0.25) is 11.8 Å². The Balaban J connectivity index is 1.47. The van der Waals surface area contributed by atoms with E-state index in [9.17, 15) is 0 Å². The van der Waals surface area contributed by atoms with Gasteiger partial charge in [-0.05, 0) is 17.7 Å². The molecule has 0 spiro atoms. The maximum Gasteiger partial charge on any atom is 0.225 e. The molecule has 0 radical (unpaired) electrons. The fraction of sp³-hybridized carbons (Fsp3) is 0.278. The first-order chi connectivity index (χ1) is 12.3. The molecule has 1 atom stereocenters. The van der Waals surface area contributed by atoms with Gasteiger partial charge in [-0.25, -0.2) is 15.0 Å². The number of ether oxygens (including phenoxy) is 1. The summed E-state index contributed by atoms with van der Waals surface area (Å²) in [5.41, 5.74) is 1.01. The molecule has 0 N–H and O–H groups in total. The highest BCUT2D eigenvalue weighted by atomic mass is 35.5. The Bertz CT molecular complexity index is 840. The molecule has 1 aliphatic heterocycles. The lowest BCUT2D eigenvalue weighted by molar-refractivity contribution is 0.0211. The van der Waals surface area contributed by atoms with Crippen LogP contribution in [0.15, 0.2) is 53.3 Å². The Morgan fingerprint density at radius 2 is 1.96 bits per heavy atom. The molecule has 0 saturated carbocycles. The van der Waals surface area contributed by atoms with Crippen molar-refractivity contribution >= 4 is 17.5 Å². The molecule has 1 aromatic carbocycles. The van der Waals surface area contributed by atoms with Crippen LogP contribution >= 0.6 is 11.6 Å². The summed E-state index contributed by atoms with van der Waals surface area (Å²) in [6.07, 6.45) is 5.57. The predicted octanol–water partition coefficient (Wildman–Crippen LogP) is 3.29. The Morgan fingerprint density at radius 3 is 2.80 bits per heavy atom. The van der Waals surface area contributed by atoms with Crippen molar-refractivity contribution in [3.63, 3.8) is 0 Å². The quantitative estimate of drug-likeness (QED) is 0.714. The molecule has 128 valence electrons. The lowest BCUT2D eigenvalue weighted by Gasteiger charge is -2.31. The molecule has 4 rings (SSSR count). The van der Waals surface area contributed by atoms with Crippen molar-refractivity contribution in [2.75, 3.05) is 24.6 Å². The van der Waals surface area contributed by atoms with Crippen molar-refractivity contribution in [3.8, 4) is 0 Å². The van der Waals surface area contributed by atoms with E-state index in [-0.39, 0.29) is 6.10 Å². The van der Waals surface area contributed by atoms with Gasteiger partial charge in [-0.15, -0.1) is 0 Å². The summed E-state index contributed by atoms with van der Waals surface area (Å²) in [4.78, 5) is 15.1. The van der Waals surface area contributed by atoms with Crippen molar-refractivity contribution in [2.45, 2.75) is 12.5 Å². The van der Waals surface area contributed by atoms with E-state index in [0.29, 0.717) is 31.4 Å². The first-order valence-electron chi connectivity index (χ1n) is 8.11. The summed E-state index contributed by atoms with van der Waals surface area (Å²) < 4.78 is 11.7. The van der Waals surface area contributed by atoms with E-state index in [1.165, 1.54) is 0 Å². The van der Waals surface area contributed by atoms with E-state index in [1.54, 1.807) is 24.7 Å². The molecule has 0 aliphatic carbocycles. The molecule has 0 amide bonds. The van der Waals surface area contributed by atoms with Crippen molar-refractivity contribution in [3.05, 3.63) is 71.2 Å². The molecule has 1 aliphatic rings. The number of benzene rings is 1. The lowest BCUT2D eigenvalue weighted by atomic mass is 10.1. The number of halogens is 1. The summed E-state index contributed by atoms with van der Waals surface area (Å²) in [6.45, 7) is 1.93. The highest BCUT2D eigenvalue weighted by Crippen LogP contribution is 2.25. The molecule has 2 aromatic heterocycles. The van der Waals surface area contributed by atoms with Gasteiger partial charge in [0.05, 0.1) is 19.3 Å². The monoisotopic (exact) mass is 356 g/mol. The van der Waals surface area contributed by atoms with Crippen LogP contribution in [0.2, 0.25) is 5.02 Å². The Hall–Kier alpha value is -2.44. The van der Waals surface area contributed by atoms with Gasteiger partial charge >= 0.3 is 0 Å². The molecule has 3 heterocycles. The number of hydrogen-bond donors (Lipinski definition) is 0. The van der Waals surface area contributed by atoms with Crippen LogP contribution in [0.4, 0.5) is 5.95 Å². The van der Waals surface area contributed by atoms with Gasteiger partial charge in [0.1, 0.15) is 5.76 Å². The Morgan fingerprint density at radius 1 is 1.12 bits per heavy atom. The Labute approximate surface area is 150 Å². The zero-order valence-electron chi connectivity index (χ0n) is 13.5. The largest absolute Gasteiger partial charge is 0.442 e. The van der Waals surface area contributed by atoms with Crippen LogP contribution in [0.5, 0.6) is 0 Å². The lowest BCUT2D eigenvalue weighted by Crippen LogP contribution is -2.39. The second-order valence-corrected chi connectivity index (χ2v) is 6.19. The van der Waals surface area contributed by atoms with Crippen LogP contribution in [0, 0.1) is 0 Å². The van der Waals surface area contributed by atoms with Gasteiger partial charge in [-0.2, -0.15) is 0 Å². The maximum absolute atomic E-state index is 6.21. The van der Waals surface area contributed by atoms with E-state index in [2.05, 4.69) is 19.9 Å². The minimum atomic E-state index is -0.238.